The Hall–Kier alpha value is -0.750. The summed E-state index contributed by atoms with van der Waals surface area (Å²) in [6.45, 7) is 4.23. The third kappa shape index (κ3) is 1.14. The number of fused-ring (bicyclic) bond motifs is 2. The van der Waals surface area contributed by atoms with Crippen LogP contribution in [0.5, 0.6) is 0 Å². The van der Waals surface area contributed by atoms with Crippen LogP contribution in [0, 0.1) is 10.8 Å². The van der Waals surface area contributed by atoms with Gasteiger partial charge in [-0.05, 0) is 25.0 Å². The minimum Gasteiger partial charge on any atom is -0.396 e. The summed E-state index contributed by atoms with van der Waals surface area (Å²) in [5.74, 6) is 0.0516. The molecule has 0 radical (unpaired) electrons. The van der Waals surface area contributed by atoms with Gasteiger partial charge in [0.05, 0.1) is 25.4 Å². The molecular weight excluding hydrogens is 260 g/mol. The van der Waals surface area contributed by atoms with Crippen molar-refractivity contribution < 1.29 is 24.5 Å². The number of carbonyl (C=O) groups is 1. The molecule has 5 nitrogen and oxygen atoms in total. The number of Topliss-reactive ketones (excluding diaryl/α,β-unsaturated/α-hetero) is 1. The SMILES string of the molecule is CC1=CC2OC3C(O)CC(C)(C2(CO)CC1=O)C31CO1. The molecule has 0 aromatic carbocycles. The zero-order chi connectivity index (χ0) is 14.3. The third-order valence-corrected chi connectivity index (χ3v) is 6.35. The second-order valence-corrected chi connectivity index (χ2v) is 7.02. The van der Waals surface area contributed by atoms with Crippen LogP contribution in [0.15, 0.2) is 11.6 Å². The first-order chi connectivity index (χ1) is 9.40. The van der Waals surface area contributed by atoms with Crippen molar-refractivity contribution in [3.63, 3.8) is 0 Å². The lowest BCUT2D eigenvalue weighted by Crippen LogP contribution is -2.65. The van der Waals surface area contributed by atoms with Gasteiger partial charge in [0.25, 0.3) is 0 Å². The summed E-state index contributed by atoms with van der Waals surface area (Å²) in [6, 6.07) is 0. The summed E-state index contributed by atoms with van der Waals surface area (Å²) in [5.41, 5.74) is -0.961. The largest absolute Gasteiger partial charge is 0.396 e. The lowest BCUT2D eigenvalue weighted by atomic mass is 9.52. The van der Waals surface area contributed by atoms with E-state index in [1.165, 1.54) is 0 Å². The van der Waals surface area contributed by atoms with Gasteiger partial charge in [0.15, 0.2) is 5.78 Å². The number of carbonyl (C=O) groups excluding carboxylic acids is 1. The molecule has 4 aliphatic rings. The Balaban J connectivity index is 1.90. The van der Waals surface area contributed by atoms with Crippen LogP contribution in [0.2, 0.25) is 0 Å². The highest BCUT2D eigenvalue weighted by Crippen LogP contribution is 2.70. The summed E-state index contributed by atoms with van der Waals surface area (Å²) in [5, 5.41) is 20.5. The Labute approximate surface area is 117 Å². The van der Waals surface area contributed by atoms with Crippen LogP contribution in [-0.2, 0) is 14.3 Å². The maximum atomic E-state index is 12.2. The Kier molecular flexibility index (Phi) is 2.28. The summed E-state index contributed by atoms with van der Waals surface area (Å²) in [7, 11) is 0. The molecule has 2 saturated heterocycles. The predicted molar refractivity (Wildman–Crippen MR) is 69.0 cm³/mol. The quantitative estimate of drug-likeness (QED) is 0.670. The normalized spacial score (nSPS) is 56.7. The Morgan fingerprint density at radius 1 is 1.50 bits per heavy atom. The van der Waals surface area contributed by atoms with E-state index in [2.05, 4.69) is 0 Å². The van der Waals surface area contributed by atoms with Gasteiger partial charge in [-0.3, -0.25) is 4.79 Å². The number of rotatable bonds is 1. The van der Waals surface area contributed by atoms with Crippen LogP contribution < -0.4 is 0 Å². The number of ketones is 1. The van der Waals surface area contributed by atoms with Crippen LogP contribution in [0.3, 0.4) is 0 Å². The topological polar surface area (TPSA) is 79.3 Å². The molecule has 0 aromatic heterocycles. The lowest BCUT2D eigenvalue weighted by molar-refractivity contribution is -0.215. The number of ether oxygens (including phenoxy) is 2. The molecule has 4 rings (SSSR count). The van der Waals surface area contributed by atoms with E-state index in [4.69, 9.17) is 9.47 Å². The third-order valence-electron chi connectivity index (χ3n) is 6.35. The van der Waals surface area contributed by atoms with Gasteiger partial charge in [-0.25, -0.2) is 0 Å². The van der Waals surface area contributed by atoms with Crippen molar-refractivity contribution in [2.75, 3.05) is 13.2 Å². The van der Waals surface area contributed by atoms with Crippen LogP contribution in [0.1, 0.15) is 26.7 Å². The first-order valence-corrected chi connectivity index (χ1v) is 7.20. The average molecular weight is 280 g/mol. The maximum Gasteiger partial charge on any atom is 0.159 e. The highest BCUT2D eigenvalue weighted by atomic mass is 16.6. The van der Waals surface area contributed by atoms with Gasteiger partial charge in [-0.2, -0.15) is 0 Å². The number of hydrogen-bond donors (Lipinski definition) is 2. The van der Waals surface area contributed by atoms with Crippen molar-refractivity contribution in [2.45, 2.75) is 50.6 Å². The number of aliphatic hydroxyl groups is 2. The maximum absolute atomic E-state index is 12.2. The molecule has 6 atom stereocenters. The first kappa shape index (κ1) is 13.0. The summed E-state index contributed by atoms with van der Waals surface area (Å²) in [6.07, 6.45) is 1.31. The molecule has 2 aliphatic heterocycles. The highest BCUT2D eigenvalue weighted by molar-refractivity contribution is 5.96. The van der Waals surface area contributed by atoms with Crippen molar-refractivity contribution in [1.29, 1.82) is 0 Å². The van der Waals surface area contributed by atoms with Crippen molar-refractivity contribution in [3.8, 4) is 0 Å². The molecule has 2 bridgehead atoms. The van der Waals surface area contributed by atoms with Crippen molar-refractivity contribution in [1.82, 2.24) is 0 Å². The molecule has 1 spiro atoms. The monoisotopic (exact) mass is 280 g/mol. The fraction of sp³-hybridized carbons (Fsp3) is 0.800. The van der Waals surface area contributed by atoms with Gasteiger partial charge < -0.3 is 19.7 Å². The number of hydrogen-bond acceptors (Lipinski definition) is 5. The molecule has 0 aromatic rings. The molecule has 2 aliphatic carbocycles. The van der Waals surface area contributed by atoms with Crippen LogP contribution >= 0.6 is 0 Å². The van der Waals surface area contributed by atoms with Gasteiger partial charge in [0, 0.05) is 17.3 Å². The van der Waals surface area contributed by atoms with E-state index in [1.807, 2.05) is 13.0 Å². The van der Waals surface area contributed by atoms with Gasteiger partial charge in [0.1, 0.15) is 11.7 Å². The summed E-state index contributed by atoms with van der Waals surface area (Å²) < 4.78 is 11.8. The zero-order valence-corrected chi connectivity index (χ0v) is 11.8. The predicted octanol–water partition coefficient (Wildman–Crippen LogP) is 0.191. The summed E-state index contributed by atoms with van der Waals surface area (Å²) >= 11 is 0. The Morgan fingerprint density at radius 2 is 2.20 bits per heavy atom. The number of allylic oxidation sites excluding steroid dienone is 1. The number of aliphatic hydroxyl groups excluding tert-OH is 2. The fourth-order valence-corrected chi connectivity index (χ4v) is 4.87. The van der Waals surface area contributed by atoms with Crippen molar-refractivity contribution in [3.05, 3.63) is 11.6 Å². The molecule has 3 fully saturated rings. The average Bonchev–Trinajstić information content (AvgIpc) is 3.16. The lowest BCUT2D eigenvalue weighted by Gasteiger charge is -2.56. The van der Waals surface area contributed by atoms with E-state index in [9.17, 15) is 15.0 Å². The molecule has 1 saturated carbocycles. The van der Waals surface area contributed by atoms with E-state index in [0.29, 0.717) is 18.6 Å². The fourth-order valence-electron chi connectivity index (χ4n) is 4.87. The van der Waals surface area contributed by atoms with Crippen LogP contribution in [-0.4, -0.2) is 53.1 Å². The zero-order valence-electron chi connectivity index (χ0n) is 11.8. The minimum atomic E-state index is -0.686. The van der Waals surface area contributed by atoms with Gasteiger partial charge in [-0.1, -0.05) is 6.92 Å². The standard InChI is InChI=1S/C15H20O5/c1-8-3-11-14(6-16,5-9(8)17)13(2)4-10(18)12(20-11)15(13)7-19-15/h3,10-12,16,18H,4-7H2,1-2H3. The molecule has 6 unspecified atom stereocenters. The van der Waals surface area contributed by atoms with Gasteiger partial charge in [-0.15, -0.1) is 0 Å². The van der Waals surface area contributed by atoms with E-state index in [0.717, 1.165) is 0 Å². The second kappa shape index (κ2) is 3.53. The van der Waals surface area contributed by atoms with E-state index < -0.39 is 22.5 Å². The highest BCUT2D eigenvalue weighted by Gasteiger charge is 2.81. The first-order valence-electron chi connectivity index (χ1n) is 7.20. The Morgan fingerprint density at radius 3 is 2.80 bits per heavy atom. The van der Waals surface area contributed by atoms with E-state index in [-0.39, 0.29) is 31.0 Å². The van der Waals surface area contributed by atoms with Crippen LogP contribution in [0.25, 0.3) is 0 Å². The summed E-state index contributed by atoms with van der Waals surface area (Å²) in [4.78, 5) is 12.2. The molecule has 110 valence electrons. The molecule has 20 heavy (non-hydrogen) atoms. The molecule has 2 heterocycles. The minimum absolute atomic E-state index is 0.0516. The van der Waals surface area contributed by atoms with E-state index in [1.54, 1.807) is 6.92 Å². The van der Waals surface area contributed by atoms with Crippen molar-refractivity contribution in [2.24, 2.45) is 10.8 Å². The molecule has 2 N–H and O–H groups in total. The van der Waals surface area contributed by atoms with Gasteiger partial charge >= 0.3 is 0 Å². The van der Waals surface area contributed by atoms with Crippen molar-refractivity contribution >= 4 is 5.78 Å². The van der Waals surface area contributed by atoms with Crippen LogP contribution in [0.4, 0.5) is 0 Å². The Bertz CT molecular complexity index is 522. The molecule has 0 amide bonds. The smallest absolute Gasteiger partial charge is 0.159 e. The van der Waals surface area contributed by atoms with Gasteiger partial charge in [0.2, 0.25) is 0 Å². The second-order valence-electron chi connectivity index (χ2n) is 7.02. The number of epoxide rings is 1. The molecular formula is C15H20O5. The van der Waals surface area contributed by atoms with E-state index >= 15 is 0 Å². The molecule has 5 heteroatoms.